The van der Waals surface area contributed by atoms with Gasteiger partial charge in [-0.15, -0.1) is 0 Å². The van der Waals surface area contributed by atoms with Crippen LogP contribution in [0.15, 0.2) is 24.3 Å². The quantitative estimate of drug-likeness (QED) is 0.755. The highest BCUT2D eigenvalue weighted by atomic mass is 19.4. The van der Waals surface area contributed by atoms with Crippen LogP contribution in [0.3, 0.4) is 0 Å². The van der Waals surface area contributed by atoms with Crippen molar-refractivity contribution in [2.24, 2.45) is 5.41 Å². The van der Waals surface area contributed by atoms with Crippen LogP contribution < -0.4 is 5.32 Å². The Morgan fingerprint density at radius 1 is 1.11 bits per heavy atom. The molecule has 1 aromatic carbocycles. The summed E-state index contributed by atoms with van der Waals surface area (Å²) in [7, 11) is 0. The van der Waals surface area contributed by atoms with Crippen LogP contribution in [-0.2, 0) is 6.18 Å². The zero-order chi connectivity index (χ0) is 13.8. The maximum Gasteiger partial charge on any atom is 0.416 e. The van der Waals surface area contributed by atoms with E-state index >= 15 is 0 Å². The number of hydrogen-bond donors (Lipinski definition) is 1. The molecule has 0 amide bonds. The molecule has 0 aromatic heterocycles. The van der Waals surface area contributed by atoms with Crippen LogP contribution in [0.1, 0.15) is 39.2 Å². The molecule has 0 unspecified atom stereocenters. The monoisotopic (exact) mass is 259 g/mol. The molecule has 0 saturated heterocycles. The molecule has 0 radical (unpaired) electrons. The molecule has 1 rings (SSSR count). The molecule has 0 saturated carbocycles. The van der Waals surface area contributed by atoms with Crippen molar-refractivity contribution in [1.82, 2.24) is 0 Å². The summed E-state index contributed by atoms with van der Waals surface area (Å²) >= 11 is 0. The standard InChI is InChI=1S/C14H20F3N/c1-13(2,3)8-5-9-18-12-7-4-6-11(10-12)14(15,16)17/h4,6-7,10,18H,5,8-9H2,1-3H3. The molecule has 0 heterocycles. The lowest BCUT2D eigenvalue weighted by molar-refractivity contribution is -0.137. The van der Waals surface area contributed by atoms with E-state index in [0.29, 0.717) is 12.2 Å². The number of hydrogen-bond acceptors (Lipinski definition) is 1. The lowest BCUT2D eigenvalue weighted by atomic mass is 9.91. The van der Waals surface area contributed by atoms with Crippen molar-refractivity contribution >= 4 is 5.69 Å². The molecule has 102 valence electrons. The van der Waals surface area contributed by atoms with Gasteiger partial charge in [-0.3, -0.25) is 0 Å². The van der Waals surface area contributed by atoms with Crippen LogP contribution in [0, 0.1) is 5.41 Å². The summed E-state index contributed by atoms with van der Waals surface area (Å²) in [6, 6.07) is 5.32. The predicted molar refractivity (Wildman–Crippen MR) is 68.6 cm³/mol. The van der Waals surface area contributed by atoms with E-state index in [1.165, 1.54) is 6.07 Å². The van der Waals surface area contributed by atoms with Gasteiger partial charge in [0.05, 0.1) is 5.56 Å². The van der Waals surface area contributed by atoms with Crippen molar-refractivity contribution in [2.45, 2.75) is 39.8 Å². The first-order valence-corrected chi connectivity index (χ1v) is 6.10. The van der Waals surface area contributed by atoms with Crippen LogP contribution in [0.2, 0.25) is 0 Å². The first kappa shape index (κ1) is 14.9. The minimum Gasteiger partial charge on any atom is -0.385 e. The molecule has 1 aromatic rings. The van der Waals surface area contributed by atoms with Crippen molar-refractivity contribution in [3.05, 3.63) is 29.8 Å². The number of rotatable bonds is 4. The van der Waals surface area contributed by atoms with Gasteiger partial charge in [-0.05, 0) is 36.5 Å². The summed E-state index contributed by atoms with van der Waals surface area (Å²) in [6.45, 7) is 7.14. The molecule has 0 atom stereocenters. The van der Waals surface area contributed by atoms with Crippen molar-refractivity contribution in [3.8, 4) is 0 Å². The van der Waals surface area contributed by atoms with E-state index in [9.17, 15) is 13.2 Å². The summed E-state index contributed by atoms with van der Waals surface area (Å²) < 4.78 is 37.5. The molecule has 0 aliphatic heterocycles. The summed E-state index contributed by atoms with van der Waals surface area (Å²) in [5, 5.41) is 3.03. The Morgan fingerprint density at radius 3 is 2.33 bits per heavy atom. The lowest BCUT2D eigenvalue weighted by Gasteiger charge is -2.18. The second-order valence-electron chi connectivity index (χ2n) is 5.67. The Morgan fingerprint density at radius 2 is 1.78 bits per heavy atom. The van der Waals surface area contributed by atoms with E-state index < -0.39 is 11.7 Å². The minimum atomic E-state index is -4.27. The third-order valence-corrected chi connectivity index (χ3v) is 2.62. The molecule has 1 nitrogen and oxygen atoms in total. The van der Waals surface area contributed by atoms with Gasteiger partial charge in [0.25, 0.3) is 0 Å². The van der Waals surface area contributed by atoms with Gasteiger partial charge in [0.2, 0.25) is 0 Å². The van der Waals surface area contributed by atoms with Crippen molar-refractivity contribution in [1.29, 1.82) is 0 Å². The van der Waals surface area contributed by atoms with Gasteiger partial charge in [-0.2, -0.15) is 13.2 Å². The molecule has 1 N–H and O–H groups in total. The highest BCUT2D eigenvalue weighted by molar-refractivity contribution is 5.46. The first-order valence-electron chi connectivity index (χ1n) is 6.10. The zero-order valence-electron chi connectivity index (χ0n) is 11.1. The van der Waals surface area contributed by atoms with Crippen molar-refractivity contribution < 1.29 is 13.2 Å². The minimum absolute atomic E-state index is 0.259. The van der Waals surface area contributed by atoms with Crippen LogP contribution in [0.5, 0.6) is 0 Å². The Hall–Kier alpha value is -1.19. The van der Waals surface area contributed by atoms with Crippen molar-refractivity contribution in [2.75, 3.05) is 11.9 Å². The Kier molecular flexibility index (Phi) is 4.65. The van der Waals surface area contributed by atoms with E-state index in [2.05, 4.69) is 26.1 Å². The van der Waals surface area contributed by atoms with Crippen LogP contribution in [0.25, 0.3) is 0 Å². The van der Waals surface area contributed by atoms with Crippen LogP contribution >= 0.6 is 0 Å². The predicted octanol–water partition coefficient (Wildman–Crippen LogP) is 4.94. The number of halogens is 3. The molecule has 0 spiro atoms. The summed E-state index contributed by atoms with van der Waals surface area (Å²) in [5.74, 6) is 0. The third-order valence-electron chi connectivity index (χ3n) is 2.62. The molecular weight excluding hydrogens is 239 g/mol. The smallest absolute Gasteiger partial charge is 0.385 e. The molecular formula is C14H20F3N. The highest BCUT2D eigenvalue weighted by Gasteiger charge is 2.30. The van der Waals surface area contributed by atoms with Gasteiger partial charge in [-0.25, -0.2) is 0 Å². The maximum absolute atomic E-state index is 12.5. The SMILES string of the molecule is CC(C)(C)CCCNc1cccc(C(F)(F)F)c1. The van der Waals surface area contributed by atoms with E-state index in [1.54, 1.807) is 6.07 Å². The van der Waals surface area contributed by atoms with Gasteiger partial charge in [0, 0.05) is 12.2 Å². The number of benzene rings is 1. The van der Waals surface area contributed by atoms with E-state index in [0.717, 1.165) is 25.0 Å². The van der Waals surface area contributed by atoms with E-state index in [1.807, 2.05) is 0 Å². The van der Waals surface area contributed by atoms with Gasteiger partial charge in [-0.1, -0.05) is 26.8 Å². The Labute approximate surface area is 106 Å². The average molecular weight is 259 g/mol. The van der Waals surface area contributed by atoms with Gasteiger partial charge < -0.3 is 5.32 Å². The summed E-state index contributed by atoms with van der Waals surface area (Å²) in [5.41, 5.74) is 0.178. The average Bonchev–Trinajstić information content (AvgIpc) is 2.22. The third kappa shape index (κ3) is 5.43. The van der Waals surface area contributed by atoms with Gasteiger partial charge in [0.1, 0.15) is 0 Å². The Bertz CT molecular complexity index is 377. The van der Waals surface area contributed by atoms with E-state index in [-0.39, 0.29) is 5.41 Å². The largest absolute Gasteiger partial charge is 0.416 e. The molecule has 0 fully saturated rings. The van der Waals surface area contributed by atoms with E-state index in [4.69, 9.17) is 0 Å². The molecule has 0 aliphatic carbocycles. The topological polar surface area (TPSA) is 12.0 Å². The fourth-order valence-electron chi connectivity index (χ4n) is 1.66. The molecule has 0 aliphatic rings. The Balaban J connectivity index is 2.49. The van der Waals surface area contributed by atoms with Gasteiger partial charge in [0.15, 0.2) is 0 Å². The highest BCUT2D eigenvalue weighted by Crippen LogP contribution is 2.30. The fourth-order valence-corrected chi connectivity index (χ4v) is 1.66. The number of nitrogens with one attached hydrogen (secondary N) is 1. The zero-order valence-corrected chi connectivity index (χ0v) is 11.1. The molecule has 18 heavy (non-hydrogen) atoms. The number of anilines is 1. The summed E-state index contributed by atoms with van der Waals surface area (Å²) in [6.07, 6.45) is -2.29. The van der Waals surface area contributed by atoms with Crippen molar-refractivity contribution in [3.63, 3.8) is 0 Å². The molecule has 0 bridgehead atoms. The first-order chi connectivity index (χ1) is 8.18. The normalized spacial score (nSPS) is 12.6. The second-order valence-corrected chi connectivity index (χ2v) is 5.67. The fraction of sp³-hybridized carbons (Fsp3) is 0.571. The van der Waals surface area contributed by atoms with Crippen LogP contribution in [-0.4, -0.2) is 6.54 Å². The number of alkyl halides is 3. The second kappa shape index (κ2) is 5.63. The van der Waals surface area contributed by atoms with Gasteiger partial charge >= 0.3 is 6.18 Å². The van der Waals surface area contributed by atoms with Crippen LogP contribution in [0.4, 0.5) is 18.9 Å². The summed E-state index contributed by atoms with van der Waals surface area (Å²) in [4.78, 5) is 0. The molecule has 4 heteroatoms. The maximum atomic E-state index is 12.5. The lowest BCUT2D eigenvalue weighted by Crippen LogP contribution is -2.10.